The van der Waals surface area contributed by atoms with E-state index in [0.717, 1.165) is 48.3 Å². The first-order valence-corrected chi connectivity index (χ1v) is 10.1. The van der Waals surface area contributed by atoms with Gasteiger partial charge >= 0.3 is 0 Å². The zero-order valence-corrected chi connectivity index (χ0v) is 16.4. The minimum Gasteiger partial charge on any atom is -0.341 e. The number of carbonyl (C=O) groups excluding carboxylic acids is 1. The average molecular weight is 399 g/mol. The number of aromatic nitrogens is 4. The summed E-state index contributed by atoms with van der Waals surface area (Å²) in [5.74, 6) is -0.0672. The van der Waals surface area contributed by atoms with E-state index in [0.29, 0.717) is 5.69 Å². The van der Waals surface area contributed by atoms with Crippen LogP contribution >= 0.6 is 0 Å². The third-order valence-electron chi connectivity index (χ3n) is 5.45. The van der Waals surface area contributed by atoms with E-state index >= 15 is 0 Å². The van der Waals surface area contributed by atoms with Gasteiger partial charge in [0.1, 0.15) is 12.2 Å². The highest BCUT2D eigenvalue weighted by Gasteiger charge is 2.21. The van der Waals surface area contributed by atoms with Crippen LogP contribution in [0.15, 0.2) is 71.7 Å². The van der Waals surface area contributed by atoms with Crippen molar-refractivity contribution < 1.29 is 4.79 Å². The third kappa shape index (κ3) is 3.28. The van der Waals surface area contributed by atoms with E-state index in [9.17, 15) is 9.59 Å². The van der Waals surface area contributed by atoms with E-state index < -0.39 is 0 Å². The van der Waals surface area contributed by atoms with Crippen molar-refractivity contribution in [2.24, 2.45) is 0 Å². The quantitative estimate of drug-likeness (QED) is 0.529. The van der Waals surface area contributed by atoms with Crippen molar-refractivity contribution >= 4 is 11.4 Å². The number of pyridine rings is 1. The van der Waals surface area contributed by atoms with E-state index in [1.165, 1.54) is 10.7 Å². The number of amides is 1. The normalized spacial score (nSPS) is 13.8. The molecule has 0 spiro atoms. The van der Waals surface area contributed by atoms with Gasteiger partial charge in [0.25, 0.3) is 5.56 Å². The van der Waals surface area contributed by atoms with Gasteiger partial charge in [0.05, 0.1) is 16.8 Å². The first-order valence-electron chi connectivity index (χ1n) is 10.1. The third-order valence-corrected chi connectivity index (χ3v) is 5.45. The second-order valence-electron chi connectivity index (χ2n) is 7.42. The molecule has 0 atom stereocenters. The van der Waals surface area contributed by atoms with Crippen LogP contribution in [0, 0.1) is 0 Å². The fraction of sp³-hybridized carbons (Fsp3) is 0.217. The zero-order valence-electron chi connectivity index (χ0n) is 16.4. The molecule has 0 bridgehead atoms. The monoisotopic (exact) mass is 399 g/mol. The van der Waals surface area contributed by atoms with E-state index in [-0.39, 0.29) is 18.0 Å². The fourth-order valence-electron chi connectivity index (χ4n) is 3.94. The Morgan fingerprint density at radius 1 is 0.900 bits per heavy atom. The number of fused-ring (bicyclic) bond motifs is 1. The molecule has 150 valence electrons. The Kier molecular flexibility index (Phi) is 4.63. The Balaban J connectivity index is 1.62. The molecular weight excluding hydrogens is 378 g/mol. The van der Waals surface area contributed by atoms with Gasteiger partial charge in [0.15, 0.2) is 0 Å². The van der Waals surface area contributed by atoms with Crippen LogP contribution in [0.4, 0.5) is 0 Å². The molecule has 0 radical (unpaired) electrons. The summed E-state index contributed by atoms with van der Waals surface area (Å²) >= 11 is 0. The summed E-state index contributed by atoms with van der Waals surface area (Å²) in [7, 11) is 0. The molecule has 4 heterocycles. The van der Waals surface area contributed by atoms with Gasteiger partial charge in [-0.25, -0.2) is 9.20 Å². The lowest BCUT2D eigenvalue weighted by Crippen LogP contribution is -2.35. The predicted octanol–water partition coefficient (Wildman–Crippen LogP) is 2.85. The second kappa shape index (κ2) is 7.59. The first kappa shape index (κ1) is 18.3. The Labute approximate surface area is 173 Å². The molecule has 0 aliphatic carbocycles. The van der Waals surface area contributed by atoms with Gasteiger partial charge in [-0.05, 0) is 31.0 Å². The predicted molar refractivity (Wildman–Crippen MR) is 114 cm³/mol. The van der Waals surface area contributed by atoms with Crippen molar-refractivity contribution in [1.82, 2.24) is 24.3 Å². The van der Waals surface area contributed by atoms with Crippen LogP contribution in [0.1, 0.15) is 12.8 Å². The summed E-state index contributed by atoms with van der Waals surface area (Å²) < 4.78 is 3.07. The summed E-state index contributed by atoms with van der Waals surface area (Å²) in [4.78, 5) is 26.8. The lowest BCUT2D eigenvalue weighted by Gasteiger charge is -2.15. The number of likely N-dealkylation sites (tertiary alicyclic amines) is 1. The van der Waals surface area contributed by atoms with Crippen LogP contribution in [0.2, 0.25) is 0 Å². The molecule has 1 aromatic carbocycles. The lowest BCUT2D eigenvalue weighted by atomic mass is 10.0. The molecule has 1 saturated heterocycles. The molecular formula is C23H21N5O2. The minimum atomic E-state index is -0.288. The maximum Gasteiger partial charge on any atom is 0.267 e. The number of benzene rings is 1. The van der Waals surface area contributed by atoms with Crippen molar-refractivity contribution in [2.75, 3.05) is 13.1 Å². The SMILES string of the molecule is O=C(Cn1nc(-c2c(-c3ccccc3)nn3ccccc23)ccc1=O)N1CCCC1. The highest BCUT2D eigenvalue weighted by atomic mass is 16.2. The Hall–Kier alpha value is -3.74. The molecule has 1 fully saturated rings. The van der Waals surface area contributed by atoms with Gasteiger partial charge < -0.3 is 4.90 Å². The summed E-state index contributed by atoms with van der Waals surface area (Å²) in [5, 5.41) is 9.32. The van der Waals surface area contributed by atoms with Crippen LogP contribution in [0.3, 0.4) is 0 Å². The Bertz CT molecular complexity index is 1270. The van der Waals surface area contributed by atoms with Crippen molar-refractivity contribution in [3.8, 4) is 22.5 Å². The van der Waals surface area contributed by atoms with E-state index in [1.807, 2.05) is 59.2 Å². The maximum absolute atomic E-state index is 12.6. The minimum absolute atomic E-state index is 0.0491. The molecule has 0 N–H and O–H groups in total. The Morgan fingerprint density at radius 3 is 2.47 bits per heavy atom. The van der Waals surface area contributed by atoms with Crippen molar-refractivity contribution in [1.29, 1.82) is 0 Å². The highest BCUT2D eigenvalue weighted by Crippen LogP contribution is 2.33. The summed E-state index contributed by atoms with van der Waals surface area (Å²) in [6, 6.07) is 18.9. The molecule has 0 unspecified atom stereocenters. The van der Waals surface area contributed by atoms with E-state index in [1.54, 1.807) is 11.0 Å². The fourth-order valence-corrected chi connectivity index (χ4v) is 3.94. The summed E-state index contributed by atoms with van der Waals surface area (Å²) in [6.45, 7) is 1.45. The number of rotatable bonds is 4. The summed E-state index contributed by atoms with van der Waals surface area (Å²) in [6.07, 6.45) is 3.91. The molecule has 0 saturated carbocycles. The van der Waals surface area contributed by atoms with E-state index in [2.05, 4.69) is 5.10 Å². The molecule has 7 heteroatoms. The number of hydrogen-bond acceptors (Lipinski definition) is 4. The smallest absolute Gasteiger partial charge is 0.267 e. The maximum atomic E-state index is 12.6. The van der Waals surface area contributed by atoms with Gasteiger partial charge in [-0.3, -0.25) is 9.59 Å². The van der Waals surface area contributed by atoms with Crippen LogP contribution in [-0.4, -0.2) is 43.3 Å². The molecule has 1 aliphatic rings. The van der Waals surface area contributed by atoms with Crippen molar-refractivity contribution in [2.45, 2.75) is 19.4 Å². The first-order chi connectivity index (χ1) is 14.7. The van der Waals surface area contributed by atoms with Crippen molar-refractivity contribution in [3.05, 3.63) is 77.2 Å². The average Bonchev–Trinajstić information content (AvgIpc) is 3.44. The van der Waals surface area contributed by atoms with Crippen LogP contribution in [0.25, 0.3) is 28.0 Å². The van der Waals surface area contributed by atoms with Crippen LogP contribution in [0.5, 0.6) is 0 Å². The topological polar surface area (TPSA) is 72.5 Å². The van der Waals surface area contributed by atoms with Crippen LogP contribution < -0.4 is 5.56 Å². The van der Waals surface area contributed by atoms with Gasteiger partial charge in [-0.2, -0.15) is 10.2 Å². The number of hydrogen-bond donors (Lipinski definition) is 0. The van der Waals surface area contributed by atoms with Crippen molar-refractivity contribution in [3.63, 3.8) is 0 Å². The molecule has 3 aromatic heterocycles. The molecule has 5 rings (SSSR count). The molecule has 7 nitrogen and oxygen atoms in total. The van der Waals surface area contributed by atoms with E-state index in [4.69, 9.17) is 5.10 Å². The van der Waals surface area contributed by atoms with Gasteiger partial charge in [0, 0.05) is 30.9 Å². The second-order valence-corrected chi connectivity index (χ2v) is 7.42. The van der Waals surface area contributed by atoms with Gasteiger partial charge in [-0.15, -0.1) is 0 Å². The largest absolute Gasteiger partial charge is 0.341 e. The number of nitrogens with zero attached hydrogens (tertiary/aromatic N) is 5. The van der Waals surface area contributed by atoms with Gasteiger partial charge in [0.2, 0.25) is 5.91 Å². The number of carbonyl (C=O) groups is 1. The Morgan fingerprint density at radius 2 is 1.67 bits per heavy atom. The van der Waals surface area contributed by atoms with Crippen LogP contribution in [-0.2, 0) is 11.3 Å². The highest BCUT2D eigenvalue weighted by molar-refractivity contribution is 5.90. The lowest BCUT2D eigenvalue weighted by molar-refractivity contribution is -0.131. The molecule has 1 aliphatic heterocycles. The zero-order chi connectivity index (χ0) is 20.5. The molecule has 1 amide bonds. The summed E-state index contributed by atoms with van der Waals surface area (Å²) in [5.41, 5.74) is 3.80. The van der Waals surface area contributed by atoms with Gasteiger partial charge in [-0.1, -0.05) is 36.4 Å². The molecule has 4 aromatic rings. The standard InChI is InChI=1S/C23H21N5O2/c29-20-12-11-18(24-28(20)16-21(30)26-13-6-7-14-26)22-19-10-4-5-15-27(19)25-23(22)17-8-2-1-3-9-17/h1-5,8-12,15H,6-7,13-14,16H2. The molecule has 30 heavy (non-hydrogen) atoms.